The smallest absolute Gasteiger partial charge is 0.410 e. The topological polar surface area (TPSA) is 59.1 Å². The molecule has 1 aliphatic heterocycles. The first-order chi connectivity index (χ1) is 9.68. The van der Waals surface area contributed by atoms with E-state index in [1.807, 2.05) is 20.8 Å². The third-order valence-corrected chi connectivity index (χ3v) is 4.48. The molecule has 6 heteroatoms. The normalized spacial score (nSPS) is 23.9. The Morgan fingerprint density at radius 1 is 1.24 bits per heavy atom. The second kappa shape index (κ2) is 5.48. The van der Waals surface area contributed by atoms with E-state index in [4.69, 9.17) is 9.57 Å². The molecule has 2 amide bonds. The van der Waals surface area contributed by atoms with Gasteiger partial charge in [0.1, 0.15) is 5.60 Å². The van der Waals surface area contributed by atoms with Gasteiger partial charge in [-0.3, -0.25) is 9.63 Å². The average Bonchev–Trinajstić information content (AvgIpc) is 3.09. The molecule has 21 heavy (non-hydrogen) atoms. The standard InChI is InChI=1S/C15H26N2O4/c1-14(2,3)21-13(19)17-8-6-15(7-9-17)10-11(15)12(18)16(4)20-5/h11H,6-10H2,1-5H3/t11-/m1/s1. The van der Waals surface area contributed by atoms with Gasteiger partial charge in [-0.2, -0.15) is 0 Å². The van der Waals surface area contributed by atoms with E-state index in [1.165, 1.54) is 12.2 Å². The van der Waals surface area contributed by atoms with E-state index in [1.54, 1.807) is 11.9 Å². The van der Waals surface area contributed by atoms with Gasteiger partial charge < -0.3 is 9.64 Å². The van der Waals surface area contributed by atoms with Crippen LogP contribution in [-0.4, -0.2) is 54.8 Å². The van der Waals surface area contributed by atoms with Crippen molar-refractivity contribution in [3.05, 3.63) is 0 Å². The van der Waals surface area contributed by atoms with E-state index in [0.29, 0.717) is 13.1 Å². The Balaban J connectivity index is 1.85. The van der Waals surface area contributed by atoms with Crippen molar-refractivity contribution in [2.24, 2.45) is 11.3 Å². The van der Waals surface area contributed by atoms with Crippen LogP contribution in [0.3, 0.4) is 0 Å². The molecule has 0 radical (unpaired) electrons. The van der Waals surface area contributed by atoms with Gasteiger partial charge in [-0.05, 0) is 45.4 Å². The van der Waals surface area contributed by atoms with Crippen LogP contribution < -0.4 is 0 Å². The number of amides is 2. The zero-order valence-corrected chi connectivity index (χ0v) is 13.6. The highest BCUT2D eigenvalue weighted by Gasteiger charge is 2.59. The first-order valence-corrected chi connectivity index (χ1v) is 7.48. The van der Waals surface area contributed by atoms with E-state index >= 15 is 0 Å². The minimum atomic E-state index is -0.467. The Labute approximate surface area is 126 Å². The SMILES string of the molecule is CON(C)C(=O)[C@H]1CC12CCN(C(=O)OC(C)(C)C)CC2. The summed E-state index contributed by atoms with van der Waals surface area (Å²) in [6.07, 6.45) is 2.37. The molecule has 1 atom stereocenters. The lowest BCUT2D eigenvalue weighted by atomic mass is 9.91. The first kappa shape index (κ1) is 16.1. The van der Waals surface area contributed by atoms with Gasteiger partial charge in [0.15, 0.2) is 0 Å². The van der Waals surface area contributed by atoms with Gasteiger partial charge in [0.2, 0.25) is 5.91 Å². The average molecular weight is 298 g/mol. The number of hydrogen-bond donors (Lipinski definition) is 0. The number of hydroxylamine groups is 2. The summed E-state index contributed by atoms with van der Waals surface area (Å²) in [5, 5.41) is 1.31. The number of carbonyl (C=O) groups is 2. The van der Waals surface area contributed by atoms with Gasteiger partial charge in [-0.1, -0.05) is 0 Å². The second-order valence-electron chi connectivity index (χ2n) is 7.10. The van der Waals surface area contributed by atoms with Crippen molar-refractivity contribution in [3.8, 4) is 0 Å². The van der Waals surface area contributed by atoms with Crippen molar-refractivity contribution in [3.63, 3.8) is 0 Å². The zero-order valence-electron chi connectivity index (χ0n) is 13.6. The van der Waals surface area contributed by atoms with Gasteiger partial charge in [-0.25, -0.2) is 9.86 Å². The summed E-state index contributed by atoms with van der Waals surface area (Å²) >= 11 is 0. The van der Waals surface area contributed by atoms with Crippen molar-refractivity contribution in [1.29, 1.82) is 0 Å². The van der Waals surface area contributed by atoms with Crippen LogP contribution in [0.4, 0.5) is 4.79 Å². The molecule has 1 saturated carbocycles. The molecule has 2 rings (SSSR count). The number of likely N-dealkylation sites (tertiary alicyclic amines) is 1. The third kappa shape index (κ3) is 3.48. The maximum absolute atomic E-state index is 12.1. The van der Waals surface area contributed by atoms with Crippen LogP contribution in [0.1, 0.15) is 40.0 Å². The zero-order chi connectivity index (χ0) is 15.8. The Kier molecular flexibility index (Phi) is 4.19. The molecular weight excluding hydrogens is 272 g/mol. The molecule has 1 aliphatic carbocycles. The van der Waals surface area contributed by atoms with Crippen molar-refractivity contribution in [2.45, 2.75) is 45.6 Å². The molecule has 0 N–H and O–H groups in total. The summed E-state index contributed by atoms with van der Waals surface area (Å²) in [6.45, 7) is 6.93. The van der Waals surface area contributed by atoms with Crippen LogP contribution in [-0.2, 0) is 14.4 Å². The molecule has 0 unspecified atom stereocenters. The number of ether oxygens (including phenoxy) is 1. The highest BCUT2D eigenvalue weighted by molar-refractivity contribution is 5.81. The van der Waals surface area contributed by atoms with Gasteiger partial charge in [-0.15, -0.1) is 0 Å². The lowest BCUT2D eigenvalue weighted by Crippen LogP contribution is -2.43. The van der Waals surface area contributed by atoms with E-state index in [0.717, 1.165) is 19.3 Å². The molecule has 2 fully saturated rings. The Morgan fingerprint density at radius 3 is 2.29 bits per heavy atom. The third-order valence-electron chi connectivity index (χ3n) is 4.48. The maximum Gasteiger partial charge on any atom is 0.410 e. The van der Waals surface area contributed by atoms with Gasteiger partial charge in [0.05, 0.1) is 7.11 Å². The summed E-state index contributed by atoms with van der Waals surface area (Å²) in [5.41, 5.74) is -0.395. The molecule has 2 aliphatic rings. The number of carbonyl (C=O) groups excluding carboxylic acids is 2. The summed E-state index contributed by atoms with van der Waals surface area (Å²) in [7, 11) is 3.14. The molecule has 6 nitrogen and oxygen atoms in total. The van der Waals surface area contributed by atoms with Crippen molar-refractivity contribution in [2.75, 3.05) is 27.2 Å². The maximum atomic E-state index is 12.1. The monoisotopic (exact) mass is 298 g/mol. The summed E-state index contributed by atoms with van der Waals surface area (Å²) in [6, 6.07) is 0. The molecule has 0 aromatic heterocycles. The highest BCUT2D eigenvalue weighted by Crippen LogP contribution is 2.60. The predicted octanol–water partition coefficient (Wildman–Crippen LogP) is 2.04. The summed E-state index contributed by atoms with van der Waals surface area (Å²) in [4.78, 5) is 30.8. The molecule has 0 aromatic carbocycles. The number of hydrogen-bond acceptors (Lipinski definition) is 4. The van der Waals surface area contributed by atoms with Crippen LogP contribution in [0.2, 0.25) is 0 Å². The molecule has 0 aromatic rings. The minimum absolute atomic E-state index is 0.0446. The lowest BCUT2D eigenvalue weighted by Gasteiger charge is -2.34. The van der Waals surface area contributed by atoms with Crippen LogP contribution >= 0.6 is 0 Å². The Hall–Kier alpha value is -1.30. The second-order valence-corrected chi connectivity index (χ2v) is 7.10. The number of piperidine rings is 1. The quantitative estimate of drug-likeness (QED) is 0.732. The fourth-order valence-electron chi connectivity index (χ4n) is 3.02. The van der Waals surface area contributed by atoms with Crippen LogP contribution in [0.15, 0.2) is 0 Å². The number of rotatable bonds is 2. The Morgan fingerprint density at radius 2 is 1.81 bits per heavy atom. The molecular formula is C15H26N2O4. The molecule has 1 spiro atoms. The van der Waals surface area contributed by atoms with Gasteiger partial charge in [0.25, 0.3) is 0 Å². The largest absolute Gasteiger partial charge is 0.444 e. The van der Waals surface area contributed by atoms with E-state index in [2.05, 4.69) is 0 Å². The summed E-state index contributed by atoms with van der Waals surface area (Å²) in [5.74, 6) is 0.0893. The molecule has 1 saturated heterocycles. The summed E-state index contributed by atoms with van der Waals surface area (Å²) < 4.78 is 5.39. The molecule has 120 valence electrons. The molecule has 0 bridgehead atoms. The lowest BCUT2D eigenvalue weighted by molar-refractivity contribution is -0.171. The molecule has 1 heterocycles. The van der Waals surface area contributed by atoms with Crippen LogP contribution in [0.5, 0.6) is 0 Å². The van der Waals surface area contributed by atoms with Crippen molar-refractivity contribution in [1.82, 2.24) is 9.96 Å². The highest BCUT2D eigenvalue weighted by atomic mass is 16.7. The van der Waals surface area contributed by atoms with Gasteiger partial charge in [0, 0.05) is 26.1 Å². The van der Waals surface area contributed by atoms with Crippen molar-refractivity contribution < 1.29 is 19.2 Å². The minimum Gasteiger partial charge on any atom is -0.444 e. The Bertz CT molecular complexity index is 422. The fraction of sp³-hybridized carbons (Fsp3) is 0.867. The first-order valence-electron chi connectivity index (χ1n) is 7.48. The van der Waals surface area contributed by atoms with Crippen LogP contribution in [0.25, 0.3) is 0 Å². The van der Waals surface area contributed by atoms with Crippen LogP contribution in [0, 0.1) is 11.3 Å². The van der Waals surface area contributed by atoms with Crippen molar-refractivity contribution >= 4 is 12.0 Å². The van der Waals surface area contributed by atoms with E-state index < -0.39 is 5.60 Å². The van der Waals surface area contributed by atoms with E-state index in [9.17, 15) is 9.59 Å². The fourth-order valence-corrected chi connectivity index (χ4v) is 3.02. The predicted molar refractivity (Wildman–Crippen MR) is 77.4 cm³/mol. The van der Waals surface area contributed by atoms with E-state index in [-0.39, 0.29) is 23.3 Å². The van der Waals surface area contributed by atoms with Gasteiger partial charge >= 0.3 is 6.09 Å². The number of nitrogens with zero attached hydrogens (tertiary/aromatic N) is 2.